The first-order chi connectivity index (χ1) is 9.27. The normalized spacial score (nSPS) is 18.4. The highest BCUT2D eigenvalue weighted by Gasteiger charge is 2.27. The number of hydrogen-bond acceptors (Lipinski definition) is 3. The van der Waals surface area contributed by atoms with Crippen molar-refractivity contribution in [3.63, 3.8) is 0 Å². The fourth-order valence-corrected chi connectivity index (χ4v) is 2.86. The van der Waals surface area contributed by atoms with Crippen molar-refractivity contribution in [1.29, 1.82) is 0 Å². The van der Waals surface area contributed by atoms with Gasteiger partial charge in [-0.15, -0.1) is 0 Å². The lowest BCUT2D eigenvalue weighted by Crippen LogP contribution is -2.36. The maximum Gasteiger partial charge on any atom is 0.306 e. The van der Waals surface area contributed by atoms with Gasteiger partial charge in [0.1, 0.15) is 0 Å². The topological polar surface area (TPSA) is 58.4 Å². The van der Waals surface area contributed by atoms with Gasteiger partial charge >= 0.3 is 5.97 Å². The van der Waals surface area contributed by atoms with Crippen molar-refractivity contribution in [3.05, 3.63) is 17.5 Å². The number of carbonyl (C=O) groups is 1. The molecule has 0 aliphatic carbocycles. The third-order valence-corrected chi connectivity index (χ3v) is 3.95. The summed E-state index contributed by atoms with van der Waals surface area (Å²) in [4.78, 5) is 13.3. The van der Waals surface area contributed by atoms with E-state index in [0.29, 0.717) is 0 Å². The van der Waals surface area contributed by atoms with E-state index in [-0.39, 0.29) is 11.3 Å². The summed E-state index contributed by atoms with van der Waals surface area (Å²) in [6.07, 6.45) is 3.59. The highest BCUT2D eigenvalue weighted by molar-refractivity contribution is 5.70. The van der Waals surface area contributed by atoms with Crippen LogP contribution in [0.25, 0.3) is 0 Å². The average Bonchev–Trinajstić information content (AvgIpc) is 2.71. The van der Waals surface area contributed by atoms with Crippen molar-refractivity contribution in [2.24, 2.45) is 13.0 Å². The number of aliphatic carboxylic acids is 1. The van der Waals surface area contributed by atoms with E-state index >= 15 is 0 Å². The summed E-state index contributed by atoms with van der Waals surface area (Å²) in [7, 11) is 1.95. The Morgan fingerprint density at radius 3 is 2.50 bits per heavy atom. The number of carboxylic acid groups (broad SMARTS) is 1. The Kier molecular flexibility index (Phi) is 4.18. The summed E-state index contributed by atoms with van der Waals surface area (Å²) >= 11 is 0. The molecule has 1 aliphatic heterocycles. The standard InChI is InChI=1S/C15H25N3O2/c1-15(2,3)13-12(9-17(4)16-13)10-18-7-5-11(6-8-18)14(19)20/h9,11H,5-8,10H2,1-4H3,(H,19,20). The monoisotopic (exact) mass is 279 g/mol. The van der Waals surface area contributed by atoms with Crippen molar-refractivity contribution >= 4 is 5.97 Å². The van der Waals surface area contributed by atoms with Gasteiger partial charge in [0.05, 0.1) is 11.6 Å². The summed E-state index contributed by atoms with van der Waals surface area (Å²) in [5.41, 5.74) is 2.44. The second kappa shape index (κ2) is 5.56. The molecule has 0 spiro atoms. The van der Waals surface area contributed by atoms with Gasteiger partial charge in [0, 0.05) is 30.8 Å². The molecule has 0 bridgehead atoms. The molecule has 5 heteroatoms. The van der Waals surface area contributed by atoms with E-state index in [9.17, 15) is 4.79 Å². The molecular weight excluding hydrogens is 254 g/mol. The molecule has 1 aliphatic rings. The van der Waals surface area contributed by atoms with Crippen molar-refractivity contribution in [3.8, 4) is 0 Å². The Morgan fingerprint density at radius 1 is 1.40 bits per heavy atom. The molecular formula is C15H25N3O2. The van der Waals surface area contributed by atoms with Gasteiger partial charge in [-0.1, -0.05) is 20.8 Å². The summed E-state index contributed by atoms with van der Waals surface area (Å²) in [5, 5.41) is 13.6. The minimum Gasteiger partial charge on any atom is -0.481 e. The predicted molar refractivity (Wildman–Crippen MR) is 77.5 cm³/mol. The third-order valence-electron chi connectivity index (χ3n) is 3.95. The molecule has 0 aromatic carbocycles. The molecule has 0 saturated carbocycles. The lowest BCUT2D eigenvalue weighted by Gasteiger charge is -2.30. The van der Waals surface area contributed by atoms with Crippen LogP contribution in [0.5, 0.6) is 0 Å². The number of hydrogen-bond donors (Lipinski definition) is 1. The second-order valence-electron chi connectivity index (χ2n) is 6.82. The third kappa shape index (κ3) is 3.39. The van der Waals surface area contributed by atoms with Crippen LogP contribution in [-0.2, 0) is 23.8 Å². The molecule has 0 radical (unpaired) electrons. The molecule has 20 heavy (non-hydrogen) atoms. The van der Waals surface area contributed by atoms with Crippen molar-refractivity contribution in [1.82, 2.24) is 14.7 Å². The van der Waals surface area contributed by atoms with Crippen LogP contribution in [-0.4, -0.2) is 38.8 Å². The predicted octanol–water partition coefficient (Wildman–Crippen LogP) is 2.01. The van der Waals surface area contributed by atoms with E-state index in [2.05, 4.69) is 37.0 Å². The number of piperidine rings is 1. The highest BCUT2D eigenvalue weighted by Crippen LogP contribution is 2.26. The Labute approximate surface area is 120 Å². The number of rotatable bonds is 3. The van der Waals surface area contributed by atoms with Crippen molar-refractivity contribution in [2.45, 2.75) is 45.6 Å². The Balaban J connectivity index is 2.03. The van der Waals surface area contributed by atoms with Crippen LogP contribution in [0.2, 0.25) is 0 Å². The number of aromatic nitrogens is 2. The molecule has 0 atom stereocenters. The van der Waals surface area contributed by atoms with Gasteiger partial charge in [-0.2, -0.15) is 5.10 Å². The second-order valence-corrected chi connectivity index (χ2v) is 6.82. The van der Waals surface area contributed by atoms with Gasteiger partial charge in [-0.3, -0.25) is 14.4 Å². The Hall–Kier alpha value is -1.36. The lowest BCUT2D eigenvalue weighted by molar-refractivity contribution is -0.143. The van der Waals surface area contributed by atoms with Crippen LogP contribution in [0.15, 0.2) is 6.20 Å². The fraction of sp³-hybridized carbons (Fsp3) is 0.733. The quantitative estimate of drug-likeness (QED) is 0.919. The van der Waals surface area contributed by atoms with Gasteiger partial charge in [-0.25, -0.2) is 0 Å². The van der Waals surface area contributed by atoms with Crippen LogP contribution in [0.1, 0.15) is 44.9 Å². The largest absolute Gasteiger partial charge is 0.481 e. The zero-order valence-corrected chi connectivity index (χ0v) is 12.9. The summed E-state index contributed by atoms with van der Waals surface area (Å²) < 4.78 is 1.87. The van der Waals surface area contributed by atoms with Gasteiger partial charge in [0.25, 0.3) is 0 Å². The minimum atomic E-state index is -0.651. The van der Waals surface area contributed by atoms with Crippen molar-refractivity contribution < 1.29 is 9.90 Å². The van der Waals surface area contributed by atoms with Crippen LogP contribution in [0, 0.1) is 5.92 Å². The van der Waals surface area contributed by atoms with Gasteiger partial charge in [-0.05, 0) is 25.9 Å². The first-order valence-corrected chi connectivity index (χ1v) is 7.25. The number of nitrogens with zero attached hydrogens (tertiary/aromatic N) is 3. The number of aryl methyl sites for hydroxylation is 1. The first kappa shape index (κ1) is 15.0. The van der Waals surface area contributed by atoms with E-state index < -0.39 is 5.97 Å². The SMILES string of the molecule is Cn1cc(CN2CCC(C(=O)O)CC2)c(C(C)(C)C)n1. The molecule has 0 amide bonds. The average molecular weight is 279 g/mol. The highest BCUT2D eigenvalue weighted by atomic mass is 16.4. The lowest BCUT2D eigenvalue weighted by atomic mass is 9.89. The molecule has 1 saturated heterocycles. The molecule has 112 valence electrons. The van der Waals surface area contributed by atoms with Crippen molar-refractivity contribution in [2.75, 3.05) is 13.1 Å². The molecule has 5 nitrogen and oxygen atoms in total. The molecule has 2 heterocycles. The molecule has 1 fully saturated rings. The maximum absolute atomic E-state index is 11.0. The first-order valence-electron chi connectivity index (χ1n) is 7.25. The summed E-state index contributed by atoms with van der Waals surface area (Å²) in [6, 6.07) is 0. The van der Waals surface area contributed by atoms with E-state index in [1.54, 1.807) is 0 Å². The molecule has 2 rings (SSSR count). The van der Waals surface area contributed by atoms with E-state index in [1.165, 1.54) is 5.56 Å². The van der Waals surface area contributed by atoms with Crippen LogP contribution in [0.3, 0.4) is 0 Å². The van der Waals surface area contributed by atoms with E-state index in [1.807, 2.05) is 11.7 Å². The van der Waals surface area contributed by atoms with Gasteiger partial charge < -0.3 is 5.11 Å². The van der Waals surface area contributed by atoms with Crippen LogP contribution in [0.4, 0.5) is 0 Å². The summed E-state index contributed by atoms with van der Waals surface area (Å²) in [5.74, 6) is -0.816. The number of carboxylic acids is 1. The van der Waals surface area contributed by atoms with Gasteiger partial charge in [0.15, 0.2) is 0 Å². The molecule has 1 aromatic heterocycles. The van der Waals surface area contributed by atoms with E-state index in [0.717, 1.165) is 38.2 Å². The van der Waals surface area contributed by atoms with E-state index in [4.69, 9.17) is 5.11 Å². The van der Waals surface area contributed by atoms with Crippen LogP contribution >= 0.6 is 0 Å². The molecule has 0 unspecified atom stereocenters. The fourth-order valence-electron chi connectivity index (χ4n) is 2.86. The number of likely N-dealkylation sites (tertiary alicyclic amines) is 1. The Morgan fingerprint density at radius 2 is 2.00 bits per heavy atom. The smallest absolute Gasteiger partial charge is 0.306 e. The minimum absolute atomic E-state index is 0.0377. The molecule has 1 N–H and O–H groups in total. The summed E-state index contributed by atoms with van der Waals surface area (Å²) in [6.45, 7) is 9.11. The zero-order valence-electron chi connectivity index (χ0n) is 12.9. The van der Waals surface area contributed by atoms with Crippen LogP contribution < -0.4 is 0 Å². The van der Waals surface area contributed by atoms with Gasteiger partial charge in [0.2, 0.25) is 0 Å². The molecule has 1 aromatic rings. The maximum atomic E-state index is 11.0. The Bertz CT molecular complexity index is 480. The zero-order chi connectivity index (χ0) is 14.9.